The Bertz CT molecular complexity index is 343. The van der Waals surface area contributed by atoms with E-state index in [0.29, 0.717) is 6.04 Å². The Morgan fingerprint density at radius 2 is 2.44 bits per heavy atom. The highest BCUT2D eigenvalue weighted by molar-refractivity contribution is 9.09. The first-order valence-electron chi connectivity index (χ1n) is 5.83. The first-order chi connectivity index (χ1) is 7.65. The maximum Gasteiger partial charge on any atom is 0.0631 e. The number of aromatic nitrogens is 2. The lowest BCUT2D eigenvalue weighted by Crippen LogP contribution is -2.26. The molecule has 1 unspecified atom stereocenters. The molecule has 0 radical (unpaired) electrons. The van der Waals surface area contributed by atoms with E-state index in [0.717, 1.165) is 31.4 Å². The summed E-state index contributed by atoms with van der Waals surface area (Å²) < 4.78 is 7.53. The summed E-state index contributed by atoms with van der Waals surface area (Å²) in [7, 11) is 0. The van der Waals surface area contributed by atoms with Crippen LogP contribution in [0.25, 0.3) is 0 Å². The van der Waals surface area contributed by atoms with Crippen LogP contribution in [0.15, 0.2) is 12.3 Å². The molecule has 1 fully saturated rings. The van der Waals surface area contributed by atoms with Gasteiger partial charge < -0.3 is 4.74 Å². The molecule has 1 aromatic heterocycles. The van der Waals surface area contributed by atoms with Crippen LogP contribution in [0.2, 0.25) is 0 Å². The van der Waals surface area contributed by atoms with Crippen LogP contribution in [0, 0.1) is 5.41 Å². The summed E-state index contributed by atoms with van der Waals surface area (Å²) in [4.78, 5) is 0. The number of nitrogens with zero attached hydrogens (tertiary/aromatic N) is 2. The maximum atomic E-state index is 5.51. The van der Waals surface area contributed by atoms with Crippen LogP contribution in [-0.2, 0) is 11.2 Å². The molecule has 1 saturated heterocycles. The Kier molecular flexibility index (Phi) is 3.70. The highest BCUT2D eigenvalue weighted by atomic mass is 79.9. The molecule has 0 N–H and O–H groups in total. The smallest absolute Gasteiger partial charge is 0.0631 e. The topological polar surface area (TPSA) is 27.1 Å². The van der Waals surface area contributed by atoms with Gasteiger partial charge in [0.2, 0.25) is 0 Å². The van der Waals surface area contributed by atoms with Gasteiger partial charge in [0.25, 0.3) is 0 Å². The van der Waals surface area contributed by atoms with Crippen molar-refractivity contribution in [2.75, 3.05) is 18.5 Å². The van der Waals surface area contributed by atoms with Gasteiger partial charge in [-0.3, -0.25) is 4.68 Å². The third-order valence-corrected chi connectivity index (χ3v) is 4.41. The van der Waals surface area contributed by atoms with Crippen LogP contribution < -0.4 is 0 Å². The third-order valence-electron chi connectivity index (χ3n) is 3.22. The first kappa shape index (κ1) is 12.1. The number of rotatable bonds is 4. The molecule has 1 aliphatic heterocycles. The second kappa shape index (κ2) is 4.88. The molecule has 16 heavy (non-hydrogen) atoms. The molecule has 1 aromatic rings. The summed E-state index contributed by atoms with van der Waals surface area (Å²) in [5, 5.41) is 5.60. The van der Waals surface area contributed by atoms with Crippen molar-refractivity contribution < 1.29 is 4.74 Å². The van der Waals surface area contributed by atoms with E-state index in [2.05, 4.69) is 47.1 Å². The second-order valence-corrected chi connectivity index (χ2v) is 5.55. The second-order valence-electron chi connectivity index (χ2n) is 4.99. The molecule has 0 bridgehead atoms. The van der Waals surface area contributed by atoms with Gasteiger partial charge in [-0.25, -0.2) is 0 Å². The van der Waals surface area contributed by atoms with Gasteiger partial charge in [-0.1, -0.05) is 15.9 Å². The molecular formula is C12H19BrN2O. The van der Waals surface area contributed by atoms with Gasteiger partial charge in [-0.05, 0) is 26.3 Å². The maximum absolute atomic E-state index is 5.51. The Balaban J connectivity index is 2.07. The number of ether oxygens (including phenoxy) is 1. The van der Waals surface area contributed by atoms with Gasteiger partial charge in [0.1, 0.15) is 0 Å². The molecular weight excluding hydrogens is 268 g/mol. The van der Waals surface area contributed by atoms with Gasteiger partial charge >= 0.3 is 0 Å². The Morgan fingerprint density at radius 3 is 2.94 bits per heavy atom. The number of alkyl halides is 1. The van der Waals surface area contributed by atoms with Crippen LogP contribution in [0.3, 0.4) is 0 Å². The summed E-state index contributed by atoms with van der Waals surface area (Å²) in [6.07, 6.45) is 4.21. The molecule has 4 heteroatoms. The van der Waals surface area contributed by atoms with Crippen LogP contribution >= 0.6 is 15.9 Å². The van der Waals surface area contributed by atoms with E-state index in [-0.39, 0.29) is 5.41 Å². The summed E-state index contributed by atoms with van der Waals surface area (Å²) in [6, 6.07) is 2.57. The fraction of sp³-hybridized carbons (Fsp3) is 0.750. The van der Waals surface area contributed by atoms with Crippen LogP contribution in [0.4, 0.5) is 0 Å². The summed E-state index contributed by atoms with van der Waals surface area (Å²) in [6.45, 7) is 6.04. The molecule has 2 heterocycles. The van der Waals surface area contributed by atoms with Gasteiger partial charge in [-0.15, -0.1) is 0 Å². The van der Waals surface area contributed by atoms with Gasteiger partial charge in [0, 0.05) is 36.0 Å². The monoisotopic (exact) mass is 286 g/mol. The molecule has 90 valence electrons. The summed E-state index contributed by atoms with van der Waals surface area (Å²) in [5.41, 5.74) is 1.44. The largest absolute Gasteiger partial charge is 0.381 e. The lowest BCUT2D eigenvalue weighted by atomic mass is 9.85. The average molecular weight is 287 g/mol. The van der Waals surface area contributed by atoms with Gasteiger partial charge in [0.15, 0.2) is 0 Å². The van der Waals surface area contributed by atoms with Crippen LogP contribution in [0.1, 0.15) is 32.0 Å². The van der Waals surface area contributed by atoms with Crippen molar-refractivity contribution in [2.45, 2.75) is 32.7 Å². The zero-order valence-corrected chi connectivity index (χ0v) is 11.5. The average Bonchev–Trinajstić information content (AvgIpc) is 2.88. The highest BCUT2D eigenvalue weighted by Gasteiger charge is 2.34. The predicted octanol–water partition coefficient (Wildman–Crippen LogP) is 2.81. The quantitative estimate of drug-likeness (QED) is 0.796. The van der Waals surface area contributed by atoms with Crippen molar-refractivity contribution in [1.82, 2.24) is 9.78 Å². The molecule has 0 aliphatic carbocycles. The molecule has 0 spiro atoms. The van der Waals surface area contributed by atoms with Crippen molar-refractivity contribution in [3.05, 3.63) is 18.0 Å². The fourth-order valence-corrected chi connectivity index (χ4v) is 2.73. The first-order valence-corrected chi connectivity index (χ1v) is 6.95. The highest BCUT2D eigenvalue weighted by Crippen LogP contribution is 2.34. The number of halogens is 1. The normalized spacial score (nSPS) is 25.5. The molecule has 0 aromatic carbocycles. The molecule has 1 aliphatic rings. The van der Waals surface area contributed by atoms with E-state index >= 15 is 0 Å². The van der Waals surface area contributed by atoms with Gasteiger partial charge in [-0.2, -0.15) is 5.10 Å². The standard InChI is InChI=1S/C12H19BrN2O/c1-10(2)15-5-3-11(14-15)7-12(8-13)4-6-16-9-12/h3,5,10H,4,6-9H2,1-2H3. The zero-order chi connectivity index (χ0) is 11.6. The van der Waals surface area contributed by atoms with Crippen LogP contribution in [0.5, 0.6) is 0 Å². The van der Waals surface area contributed by atoms with Crippen molar-refractivity contribution in [3.63, 3.8) is 0 Å². The minimum absolute atomic E-state index is 0.260. The van der Waals surface area contributed by atoms with Gasteiger partial charge in [0.05, 0.1) is 12.3 Å². The predicted molar refractivity (Wildman–Crippen MR) is 68.0 cm³/mol. The Morgan fingerprint density at radius 1 is 1.62 bits per heavy atom. The van der Waals surface area contributed by atoms with E-state index < -0.39 is 0 Å². The number of hydrogen-bond donors (Lipinski definition) is 0. The van der Waals surface area contributed by atoms with E-state index in [1.54, 1.807) is 0 Å². The fourth-order valence-electron chi connectivity index (χ4n) is 2.09. The van der Waals surface area contributed by atoms with Crippen molar-refractivity contribution in [2.24, 2.45) is 5.41 Å². The Labute approximate surface area is 105 Å². The van der Waals surface area contributed by atoms with Crippen LogP contribution in [-0.4, -0.2) is 28.3 Å². The lowest BCUT2D eigenvalue weighted by Gasteiger charge is -2.23. The van der Waals surface area contributed by atoms with Crippen molar-refractivity contribution in [3.8, 4) is 0 Å². The molecule has 0 saturated carbocycles. The molecule has 2 rings (SSSR count). The Hall–Kier alpha value is -0.350. The van der Waals surface area contributed by atoms with E-state index in [9.17, 15) is 0 Å². The van der Waals surface area contributed by atoms with E-state index in [1.165, 1.54) is 5.69 Å². The SMILES string of the molecule is CC(C)n1ccc(CC2(CBr)CCOC2)n1. The minimum Gasteiger partial charge on any atom is -0.381 e. The molecule has 3 nitrogen and oxygen atoms in total. The molecule has 0 amide bonds. The van der Waals surface area contributed by atoms with E-state index in [4.69, 9.17) is 4.74 Å². The number of hydrogen-bond acceptors (Lipinski definition) is 2. The summed E-state index contributed by atoms with van der Waals surface area (Å²) in [5.74, 6) is 0. The van der Waals surface area contributed by atoms with E-state index in [1.807, 2.05) is 4.68 Å². The lowest BCUT2D eigenvalue weighted by molar-refractivity contribution is 0.161. The van der Waals surface area contributed by atoms with Crippen molar-refractivity contribution in [1.29, 1.82) is 0 Å². The third kappa shape index (κ3) is 2.48. The zero-order valence-electron chi connectivity index (χ0n) is 9.95. The minimum atomic E-state index is 0.260. The summed E-state index contributed by atoms with van der Waals surface area (Å²) >= 11 is 3.61. The molecule has 1 atom stereocenters. The van der Waals surface area contributed by atoms with Crippen molar-refractivity contribution >= 4 is 15.9 Å².